The fourth-order valence-electron chi connectivity index (χ4n) is 3.08. The molecule has 2 aromatic carbocycles. The second-order valence-electron chi connectivity index (χ2n) is 6.19. The lowest BCUT2D eigenvalue weighted by Crippen LogP contribution is -2.49. The Morgan fingerprint density at radius 1 is 1.00 bits per heavy atom. The molecule has 1 fully saturated rings. The van der Waals surface area contributed by atoms with E-state index in [1.54, 1.807) is 0 Å². The molecule has 0 bridgehead atoms. The normalized spacial score (nSPS) is 16.2. The summed E-state index contributed by atoms with van der Waals surface area (Å²) in [6.07, 6.45) is -0.516. The van der Waals surface area contributed by atoms with Crippen LogP contribution in [0.25, 0.3) is 0 Å². The average Bonchev–Trinajstić information content (AvgIpc) is 2.68. The zero-order chi connectivity index (χ0) is 17.5. The largest absolute Gasteiger partial charge is 0.491 e. The summed E-state index contributed by atoms with van der Waals surface area (Å²) < 4.78 is 5.61. The minimum atomic E-state index is -0.516. The molecule has 0 radical (unpaired) electrons. The molecule has 5 heteroatoms. The zero-order valence-electron chi connectivity index (χ0n) is 14.2. The van der Waals surface area contributed by atoms with Crippen LogP contribution in [-0.2, 0) is 0 Å². The third-order valence-electron chi connectivity index (χ3n) is 4.39. The van der Waals surface area contributed by atoms with Gasteiger partial charge in [-0.3, -0.25) is 4.90 Å². The van der Waals surface area contributed by atoms with Crippen LogP contribution in [0, 0.1) is 11.3 Å². The molecule has 1 aliphatic rings. The van der Waals surface area contributed by atoms with Crippen LogP contribution in [0.3, 0.4) is 0 Å². The summed E-state index contributed by atoms with van der Waals surface area (Å²) in [6.45, 7) is 4.32. The molecule has 1 atom stereocenters. The van der Waals surface area contributed by atoms with Crippen LogP contribution in [0.15, 0.2) is 54.6 Å². The maximum absolute atomic E-state index is 10.2. The van der Waals surface area contributed by atoms with E-state index in [0.29, 0.717) is 18.7 Å². The van der Waals surface area contributed by atoms with Gasteiger partial charge in [0.15, 0.2) is 0 Å². The molecule has 1 aliphatic heterocycles. The van der Waals surface area contributed by atoms with Gasteiger partial charge in [0.2, 0.25) is 0 Å². The zero-order valence-corrected chi connectivity index (χ0v) is 14.2. The number of rotatable bonds is 6. The molecule has 5 nitrogen and oxygen atoms in total. The number of aliphatic hydroxyl groups is 1. The predicted octanol–water partition coefficient (Wildman–Crippen LogP) is 2.12. The van der Waals surface area contributed by atoms with Crippen LogP contribution >= 0.6 is 0 Å². The van der Waals surface area contributed by atoms with Crippen molar-refractivity contribution in [1.29, 1.82) is 5.26 Å². The number of anilines is 1. The number of piperazine rings is 1. The summed E-state index contributed by atoms with van der Waals surface area (Å²) >= 11 is 0. The highest BCUT2D eigenvalue weighted by Gasteiger charge is 2.21. The van der Waals surface area contributed by atoms with Gasteiger partial charge in [-0.1, -0.05) is 30.3 Å². The van der Waals surface area contributed by atoms with Gasteiger partial charge in [0.05, 0.1) is 11.3 Å². The van der Waals surface area contributed by atoms with Crippen molar-refractivity contribution >= 4 is 5.69 Å². The summed E-state index contributed by atoms with van der Waals surface area (Å²) in [5, 5.41) is 19.4. The van der Waals surface area contributed by atoms with E-state index < -0.39 is 6.10 Å². The number of para-hydroxylation sites is 2. The van der Waals surface area contributed by atoms with Crippen LogP contribution in [0.1, 0.15) is 5.56 Å². The maximum Gasteiger partial charge on any atom is 0.119 e. The summed E-state index contributed by atoms with van der Waals surface area (Å²) in [5.74, 6) is 0.777. The van der Waals surface area contributed by atoms with E-state index in [9.17, 15) is 10.4 Å². The topological polar surface area (TPSA) is 59.7 Å². The Balaban J connectivity index is 1.45. The van der Waals surface area contributed by atoms with Gasteiger partial charge in [0.25, 0.3) is 0 Å². The van der Waals surface area contributed by atoms with Crippen LogP contribution in [0.4, 0.5) is 5.69 Å². The van der Waals surface area contributed by atoms with Crippen LogP contribution < -0.4 is 9.64 Å². The van der Waals surface area contributed by atoms with E-state index in [-0.39, 0.29) is 0 Å². The number of ether oxygens (including phenoxy) is 1. The van der Waals surface area contributed by atoms with Crippen LogP contribution in [-0.4, -0.2) is 55.4 Å². The van der Waals surface area contributed by atoms with Crippen molar-refractivity contribution in [3.8, 4) is 11.8 Å². The molecule has 130 valence electrons. The first-order valence-corrected chi connectivity index (χ1v) is 8.58. The quantitative estimate of drug-likeness (QED) is 0.875. The number of nitriles is 1. The Kier molecular flexibility index (Phi) is 5.89. The maximum atomic E-state index is 10.2. The predicted molar refractivity (Wildman–Crippen MR) is 97.8 cm³/mol. The van der Waals surface area contributed by atoms with Crippen molar-refractivity contribution in [3.63, 3.8) is 0 Å². The van der Waals surface area contributed by atoms with Crippen molar-refractivity contribution in [2.75, 3.05) is 44.2 Å². The second kappa shape index (κ2) is 8.52. The summed E-state index contributed by atoms with van der Waals surface area (Å²) in [6, 6.07) is 19.5. The molecule has 3 rings (SSSR count). The molecule has 2 aromatic rings. The summed E-state index contributed by atoms with van der Waals surface area (Å²) in [4.78, 5) is 4.48. The monoisotopic (exact) mass is 337 g/mol. The van der Waals surface area contributed by atoms with Crippen molar-refractivity contribution in [3.05, 3.63) is 60.2 Å². The number of β-amino-alcohol motifs (C(OH)–C–C–N with tert-alkyl or cyclic N) is 1. The van der Waals surface area contributed by atoms with Gasteiger partial charge in [-0.15, -0.1) is 0 Å². The fourth-order valence-corrected chi connectivity index (χ4v) is 3.08. The van der Waals surface area contributed by atoms with E-state index in [2.05, 4.69) is 15.9 Å². The minimum Gasteiger partial charge on any atom is -0.491 e. The van der Waals surface area contributed by atoms with Crippen molar-refractivity contribution in [2.45, 2.75) is 6.10 Å². The first kappa shape index (κ1) is 17.3. The molecule has 0 unspecified atom stereocenters. The first-order chi connectivity index (χ1) is 12.3. The Bertz CT molecular complexity index is 706. The van der Waals surface area contributed by atoms with E-state index in [0.717, 1.165) is 37.6 Å². The molecule has 0 aliphatic carbocycles. The lowest BCUT2D eigenvalue weighted by atomic mass is 10.1. The molecule has 1 heterocycles. The summed E-state index contributed by atoms with van der Waals surface area (Å²) in [5.41, 5.74) is 1.71. The fraction of sp³-hybridized carbons (Fsp3) is 0.350. The lowest BCUT2D eigenvalue weighted by molar-refractivity contribution is 0.0663. The van der Waals surface area contributed by atoms with E-state index in [1.807, 2.05) is 54.6 Å². The highest BCUT2D eigenvalue weighted by atomic mass is 16.5. The molecule has 1 N–H and O–H groups in total. The van der Waals surface area contributed by atoms with Gasteiger partial charge in [0, 0.05) is 32.7 Å². The molecule has 0 spiro atoms. The first-order valence-electron chi connectivity index (χ1n) is 8.58. The van der Waals surface area contributed by atoms with Crippen molar-refractivity contribution in [2.24, 2.45) is 0 Å². The Labute approximate surface area is 148 Å². The standard InChI is InChI=1S/C20H23N3O2/c21-14-17-6-4-5-9-20(17)23-12-10-22(11-13-23)15-18(24)16-25-19-7-2-1-3-8-19/h1-9,18,24H,10-13,15-16H2/t18-/m0/s1. The van der Waals surface area contributed by atoms with E-state index >= 15 is 0 Å². The Morgan fingerprint density at radius 2 is 1.68 bits per heavy atom. The second-order valence-corrected chi connectivity index (χ2v) is 6.19. The molecule has 0 saturated carbocycles. The Hall–Kier alpha value is -2.55. The van der Waals surface area contributed by atoms with E-state index in [1.165, 1.54) is 0 Å². The SMILES string of the molecule is N#Cc1ccccc1N1CCN(C[C@H](O)COc2ccccc2)CC1. The highest BCUT2D eigenvalue weighted by Crippen LogP contribution is 2.21. The van der Waals surface area contributed by atoms with Crippen molar-refractivity contribution < 1.29 is 9.84 Å². The minimum absolute atomic E-state index is 0.293. The number of benzene rings is 2. The molecule has 25 heavy (non-hydrogen) atoms. The van der Waals surface area contributed by atoms with Crippen molar-refractivity contribution in [1.82, 2.24) is 4.90 Å². The van der Waals surface area contributed by atoms with Gasteiger partial charge in [0.1, 0.15) is 24.5 Å². The van der Waals surface area contributed by atoms with Gasteiger partial charge in [-0.05, 0) is 24.3 Å². The molecule has 0 aromatic heterocycles. The highest BCUT2D eigenvalue weighted by molar-refractivity contribution is 5.59. The number of nitrogens with zero attached hydrogens (tertiary/aromatic N) is 3. The third kappa shape index (κ3) is 4.72. The third-order valence-corrected chi connectivity index (χ3v) is 4.39. The van der Waals surface area contributed by atoms with E-state index in [4.69, 9.17) is 4.74 Å². The van der Waals surface area contributed by atoms with Gasteiger partial charge in [-0.25, -0.2) is 0 Å². The smallest absolute Gasteiger partial charge is 0.119 e. The number of aliphatic hydroxyl groups excluding tert-OH is 1. The molecule has 0 amide bonds. The van der Waals surface area contributed by atoms with Gasteiger partial charge >= 0.3 is 0 Å². The number of hydrogen-bond acceptors (Lipinski definition) is 5. The Morgan fingerprint density at radius 3 is 2.40 bits per heavy atom. The van der Waals surface area contributed by atoms with Gasteiger partial charge in [-0.2, -0.15) is 5.26 Å². The number of hydrogen-bond donors (Lipinski definition) is 1. The van der Waals surface area contributed by atoms with Gasteiger partial charge < -0.3 is 14.7 Å². The molecular weight excluding hydrogens is 314 g/mol. The molecule has 1 saturated heterocycles. The molecular formula is C20H23N3O2. The average molecular weight is 337 g/mol. The van der Waals surface area contributed by atoms with Crippen LogP contribution in [0.2, 0.25) is 0 Å². The lowest BCUT2D eigenvalue weighted by Gasteiger charge is -2.37. The van der Waals surface area contributed by atoms with Crippen LogP contribution in [0.5, 0.6) is 5.75 Å². The summed E-state index contributed by atoms with van der Waals surface area (Å²) in [7, 11) is 0.